The molecule has 0 saturated carbocycles. The number of hydrogen-bond donors (Lipinski definition) is 0. The Morgan fingerprint density at radius 2 is 1.89 bits per heavy atom. The minimum atomic E-state index is -3.50. The van der Waals surface area contributed by atoms with Crippen LogP contribution in [0.15, 0.2) is 23.1 Å². The molecular weight excluding hydrogens is 260 g/mol. The highest BCUT2D eigenvalue weighted by molar-refractivity contribution is 7.89. The predicted molar refractivity (Wildman–Crippen MR) is 75.2 cm³/mol. The molecule has 0 fully saturated rings. The fourth-order valence-corrected chi connectivity index (χ4v) is 3.34. The first-order chi connectivity index (χ1) is 8.58. The molecule has 1 aromatic rings. The summed E-state index contributed by atoms with van der Waals surface area (Å²) < 4.78 is 26.2. The van der Waals surface area contributed by atoms with Crippen molar-refractivity contribution in [3.8, 4) is 6.07 Å². The average Bonchev–Trinajstić information content (AvgIpc) is 2.26. The van der Waals surface area contributed by atoms with E-state index >= 15 is 0 Å². The summed E-state index contributed by atoms with van der Waals surface area (Å²) in [4.78, 5) is 0.232. The van der Waals surface area contributed by atoms with E-state index in [1.807, 2.05) is 26.8 Å². The fourth-order valence-electron chi connectivity index (χ4n) is 1.85. The number of benzene rings is 1. The van der Waals surface area contributed by atoms with Crippen LogP contribution >= 0.6 is 0 Å². The summed E-state index contributed by atoms with van der Waals surface area (Å²) in [5.41, 5.74) is 1.06. The lowest BCUT2D eigenvalue weighted by molar-refractivity contribution is 0.311. The molecule has 19 heavy (non-hydrogen) atoms. The van der Waals surface area contributed by atoms with E-state index in [0.29, 0.717) is 17.7 Å². The Morgan fingerprint density at radius 1 is 1.32 bits per heavy atom. The number of aryl methyl sites for hydroxylation is 1. The third kappa shape index (κ3) is 3.79. The second-order valence-electron chi connectivity index (χ2n) is 5.91. The number of rotatable bonds is 3. The first-order valence-corrected chi connectivity index (χ1v) is 7.49. The smallest absolute Gasteiger partial charge is 0.207 e. The standard InChI is InChI=1S/C14H20N2O2S/c1-11-8-13(7-6-12(11)9-15)19(17,18)16(5)10-14(2,3)4/h6-8H,10H2,1-5H3. The summed E-state index contributed by atoms with van der Waals surface area (Å²) in [5, 5.41) is 8.86. The summed E-state index contributed by atoms with van der Waals surface area (Å²) in [6.07, 6.45) is 0. The maximum Gasteiger partial charge on any atom is 0.242 e. The van der Waals surface area contributed by atoms with Crippen LogP contribution in [-0.4, -0.2) is 26.3 Å². The van der Waals surface area contributed by atoms with Crippen LogP contribution in [0.4, 0.5) is 0 Å². The van der Waals surface area contributed by atoms with Gasteiger partial charge in [-0.3, -0.25) is 0 Å². The van der Waals surface area contributed by atoms with Crippen molar-refractivity contribution >= 4 is 10.0 Å². The van der Waals surface area contributed by atoms with Crippen molar-refractivity contribution in [3.05, 3.63) is 29.3 Å². The lowest BCUT2D eigenvalue weighted by Gasteiger charge is -2.26. The molecule has 0 aromatic heterocycles. The highest BCUT2D eigenvalue weighted by atomic mass is 32.2. The zero-order valence-electron chi connectivity index (χ0n) is 12.1. The van der Waals surface area contributed by atoms with Gasteiger partial charge in [0, 0.05) is 13.6 Å². The van der Waals surface area contributed by atoms with E-state index in [0.717, 1.165) is 0 Å². The zero-order chi connectivity index (χ0) is 14.8. The van der Waals surface area contributed by atoms with Crippen molar-refractivity contribution in [3.63, 3.8) is 0 Å². The monoisotopic (exact) mass is 280 g/mol. The minimum Gasteiger partial charge on any atom is -0.207 e. The predicted octanol–water partition coefficient (Wildman–Crippen LogP) is 2.53. The normalized spacial score (nSPS) is 12.5. The van der Waals surface area contributed by atoms with Gasteiger partial charge in [0.1, 0.15) is 0 Å². The lowest BCUT2D eigenvalue weighted by Crippen LogP contribution is -2.34. The van der Waals surface area contributed by atoms with Crippen LogP contribution in [0.3, 0.4) is 0 Å². The van der Waals surface area contributed by atoms with Gasteiger partial charge in [0.2, 0.25) is 10.0 Å². The van der Waals surface area contributed by atoms with E-state index in [1.165, 1.54) is 10.4 Å². The van der Waals surface area contributed by atoms with Crippen LogP contribution in [0.2, 0.25) is 0 Å². The van der Waals surface area contributed by atoms with Gasteiger partial charge in [-0.25, -0.2) is 12.7 Å². The second kappa shape index (κ2) is 5.32. The Labute approximate surface area is 115 Å². The summed E-state index contributed by atoms with van der Waals surface area (Å²) in [6, 6.07) is 6.62. The van der Waals surface area contributed by atoms with Gasteiger partial charge < -0.3 is 0 Å². The number of hydrogen-bond acceptors (Lipinski definition) is 3. The molecule has 104 valence electrons. The summed E-state index contributed by atoms with van der Waals surface area (Å²) in [6.45, 7) is 8.14. The Morgan fingerprint density at radius 3 is 2.32 bits per heavy atom. The maximum absolute atomic E-state index is 12.4. The van der Waals surface area contributed by atoms with E-state index in [1.54, 1.807) is 26.1 Å². The topological polar surface area (TPSA) is 61.2 Å². The van der Waals surface area contributed by atoms with Crippen LogP contribution in [0.25, 0.3) is 0 Å². The van der Waals surface area contributed by atoms with Crippen LogP contribution in [0, 0.1) is 23.7 Å². The summed E-state index contributed by atoms with van der Waals surface area (Å²) in [7, 11) is -1.92. The summed E-state index contributed by atoms with van der Waals surface area (Å²) in [5.74, 6) is 0. The van der Waals surface area contributed by atoms with Crippen molar-refractivity contribution in [2.24, 2.45) is 5.41 Å². The summed E-state index contributed by atoms with van der Waals surface area (Å²) >= 11 is 0. The molecule has 5 heteroatoms. The molecule has 0 N–H and O–H groups in total. The van der Waals surface area contributed by atoms with Crippen LogP contribution in [-0.2, 0) is 10.0 Å². The number of sulfonamides is 1. The lowest BCUT2D eigenvalue weighted by atomic mass is 9.97. The Balaban J connectivity index is 3.15. The van der Waals surface area contributed by atoms with Gasteiger partial charge in [0.05, 0.1) is 16.5 Å². The molecule has 0 bridgehead atoms. The Kier molecular flexibility index (Phi) is 4.39. The molecule has 0 saturated heterocycles. The molecule has 0 amide bonds. The van der Waals surface area contributed by atoms with Crippen LogP contribution < -0.4 is 0 Å². The number of nitrogens with zero attached hydrogens (tertiary/aromatic N) is 2. The second-order valence-corrected chi connectivity index (χ2v) is 7.96. The van der Waals surface area contributed by atoms with Crippen molar-refractivity contribution in [1.82, 2.24) is 4.31 Å². The molecule has 1 rings (SSSR count). The molecule has 0 aliphatic carbocycles. The molecule has 4 nitrogen and oxygen atoms in total. The Bertz CT molecular complexity index is 607. The average molecular weight is 280 g/mol. The SMILES string of the molecule is Cc1cc(S(=O)(=O)N(C)CC(C)(C)C)ccc1C#N. The van der Waals surface area contributed by atoms with E-state index in [2.05, 4.69) is 0 Å². The van der Waals surface area contributed by atoms with Gasteiger partial charge in [0.15, 0.2) is 0 Å². The van der Waals surface area contributed by atoms with Gasteiger partial charge in [-0.15, -0.1) is 0 Å². The van der Waals surface area contributed by atoms with E-state index in [-0.39, 0.29) is 10.3 Å². The minimum absolute atomic E-state index is 0.108. The quantitative estimate of drug-likeness (QED) is 0.854. The van der Waals surface area contributed by atoms with Crippen molar-refractivity contribution in [2.75, 3.05) is 13.6 Å². The van der Waals surface area contributed by atoms with Gasteiger partial charge in [-0.05, 0) is 36.1 Å². The van der Waals surface area contributed by atoms with Crippen molar-refractivity contribution in [1.29, 1.82) is 5.26 Å². The first kappa shape index (κ1) is 15.7. The van der Waals surface area contributed by atoms with E-state index in [9.17, 15) is 8.42 Å². The van der Waals surface area contributed by atoms with Gasteiger partial charge in [-0.2, -0.15) is 5.26 Å². The zero-order valence-corrected chi connectivity index (χ0v) is 12.9. The highest BCUT2D eigenvalue weighted by Gasteiger charge is 2.25. The molecule has 0 radical (unpaired) electrons. The molecule has 0 spiro atoms. The third-order valence-corrected chi connectivity index (χ3v) is 4.52. The van der Waals surface area contributed by atoms with Crippen molar-refractivity contribution in [2.45, 2.75) is 32.6 Å². The largest absolute Gasteiger partial charge is 0.242 e. The molecule has 1 aromatic carbocycles. The molecular formula is C14H20N2O2S. The fraction of sp³-hybridized carbons (Fsp3) is 0.500. The third-order valence-electron chi connectivity index (χ3n) is 2.72. The van der Waals surface area contributed by atoms with Crippen molar-refractivity contribution < 1.29 is 8.42 Å². The maximum atomic E-state index is 12.4. The van der Waals surface area contributed by atoms with Gasteiger partial charge in [-0.1, -0.05) is 20.8 Å². The molecule has 0 unspecified atom stereocenters. The van der Waals surface area contributed by atoms with E-state index < -0.39 is 10.0 Å². The van der Waals surface area contributed by atoms with Crippen LogP contribution in [0.1, 0.15) is 31.9 Å². The Hall–Kier alpha value is -1.38. The molecule has 0 atom stereocenters. The molecule has 0 aliphatic heterocycles. The molecule has 0 aliphatic rings. The highest BCUT2D eigenvalue weighted by Crippen LogP contribution is 2.22. The van der Waals surface area contributed by atoms with Crippen LogP contribution in [0.5, 0.6) is 0 Å². The number of nitriles is 1. The van der Waals surface area contributed by atoms with Gasteiger partial charge >= 0.3 is 0 Å². The van der Waals surface area contributed by atoms with Gasteiger partial charge in [0.25, 0.3) is 0 Å². The molecule has 0 heterocycles. The first-order valence-electron chi connectivity index (χ1n) is 6.05. The van der Waals surface area contributed by atoms with E-state index in [4.69, 9.17) is 5.26 Å².